The van der Waals surface area contributed by atoms with Gasteiger partial charge in [0, 0.05) is 12.6 Å². The smallest absolute Gasteiger partial charge is 0.231 e. The maximum absolute atomic E-state index is 12.6. The zero-order chi connectivity index (χ0) is 15.4. The number of aromatic nitrogens is 4. The summed E-state index contributed by atoms with van der Waals surface area (Å²) >= 11 is 6.09. The van der Waals surface area contributed by atoms with Crippen LogP contribution in [0.25, 0.3) is 0 Å². The van der Waals surface area contributed by atoms with Crippen molar-refractivity contribution in [3.63, 3.8) is 0 Å². The predicted molar refractivity (Wildman–Crippen MR) is 77.8 cm³/mol. The van der Waals surface area contributed by atoms with Gasteiger partial charge in [0.2, 0.25) is 11.7 Å². The molecule has 0 unspecified atom stereocenters. The predicted octanol–water partition coefficient (Wildman–Crippen LogP) is 1.13. The first kappa shape index (κ1) is 15.4. The van der Waals surface area contributed by atoms with Crippen LogP contribution in [0.15, 0.2) is 18.6 Å². The first-order valence-corrected chi connectivity index (χ1v) is 6.67. The normalized spacial score (nSPS) is 10.9. The maximum atomic E-state index is 12.6. The Labute approximate surface area is 127 Å². The van der Waals surface area contributed by atoms with Gasteiger partial charge in [-0.05, 0) is 14.1 Å². The fourth-order valence-electron chi connectivity index (χ4n) is 1.75. The van der Waals surface area contributed by atoms with E-state index in [-0.39, 0.29) is 11.5 Å². The van der Waals surface area contributed by atoms with Gasteiger partial charge in [-0.15, -0.1) is 0 Å². The van der Waals surface area contributed by atoms with Crippen molar-refractivity contribution >= 4 is 17.4 Å². The lowest BCUT2D eigenvalue weighted by atomic mass is 10.2. The Balaban J connectivity index is 2.31. The van der Waals surface area contributed by atoms with Crippen molar-refractivity contribution in [3.05, 3.63) is 35.0 Å². The maximum Gasteiger partial charge on any atom is 0.231 e. The number of methoxy groups -OCH3 is 1. The van der Waals surface area contributed by atoms with E-state index in [9.17, 15) is 4.79 Å². The third-order valence-corrected chi connectivity index (χ3v) is 3.13. The zero-order valence-corrected chi connectivity index (χ0v) is 12.8. The van der Waals surface area contributed by atoms with Crippen LogP contribution in [-0.4, -0.2) is 58.2 Å². The number of nitrogens with zero attached hydrogens (tertiary/aromatic N) is 5. The van der Waals surface area contributed by atoms with Crippen LogP contribution in [0, 0.1) is 0 Å². The minimum Gasteiger partial charge on any atom is -0.481 e. The van der Waals surface area contributed by atoms with E-state index in [4.69, 9.17) is 16.3 Å². The summed E-state index contributed by atoms with van der Waals surface area (Å²) in [5.74, 6) is 0.0146. The van der Waals surface area contributed by atoms with E-state index in [1.807, 2.05) is 19.0 Å². The summed E-state index contributed by atoms with van der Waals surface area (Å²) in [6, 6.07) is 1.47. The number of ketones is 1. The van der Waals surface area contributed by atoms with Crippen molar-refractivity contribution in [2.75, 3.05) is 27.7 Å². The Morgan fingerprint density at radius 1 is 1.43 bits per heavy atom. The van der Waals surface area contributed by atoms with E-state index in [1.54, 1.807) is 4.68 Å². The highest BCUT2D eigenvalue weighted by atomic mass is 35.5. The van der Waals surface area contributed by atoms with Gasteiger partial charge in [0.15, 0.2) is 0 Å². The summed E-state index contributed by atoms with van der Waals surface area (Å²) in [7, 11) is 5.37. The van der Waals surface area contributed by atoms with Crippen molar-refractivity contribution in [3.8, 4) is 5.88 Å². The van der Waals surface area contributed by atoms with E-state index >= 15 is 0 Å². The van der Waals surface area contributed by atoms with E-state index in [1.165, 1.54) is 25.7 Å². The fourth-order valence-corrected chi connectivity index (χ4v) is 1.98. The Bertz CT molecular complexity index is 641. The van der Waals surface area contributed by atoms with Gasteiger partial charge in [-0.1, -0.05) is 11.6 Å². The van der Waals surface area contributed by atoms with Gasteiger partial charge in [0.1, 0.15) is 17.7 Å². The quantitative estimate of drug-likeness (QED) is 0.745. The van der Waals surface area contributed by atoms with Crippen LogP contribution in [0.2, 0.25) is 5.02 Å². The van der Waals surface area contributed by atoms with E-state index in [0.29, 0.717) is 23.1 Å². The second-order valence-electron chi connectivity index (χ2n) is 4.64. The molecular formula is C13H16ClN5O2. The topological polar surface area (TPSA) is 73.1 Å². The molecule has 0 spiro atoms. The molecule has 0 aliphatic carbocycles. The number of carbonyl (C=O) groups is 1. The van der Waals surface area contributed by atoms with Gasteiger partial charge in [0.05, 0.1) is 24.9 Å². The van der Waals surface area contributed by atoms with Crippen LogP contribution in [0.4, 0.5) is 0 Å². The summed E-state index contributed by atoms with van der Waals surface area (Å²) in [4.78, 5) is 22.4. The summed E-state index contributed by atoms with van der Waals surface area (Å²) in [5.41, 5.74) is 0.537. The molecule has 21 heavy (non-hydrogen) atoms. The van der Waals surface area contributed by atoms with Crippen molar-refractivity contribution in [1.82, 2.24) is 24.6 Å². The SMILES string of the molecule is COc1cc(C(=O)c2c(Cl)cnn2CCN(C)C)ncn1. The van der Waals surface area contributed by atoms with Crippen LogP contribution in [-0.2, 0) is 6.54 Å². The highest BCUT2D eigenvalue weighted by Crippen LogP contribution is 2.19. The Morgan fingerprint density at radius 3 is 2.86 bits per heavy atom. The average molecular weight is 310 g/mol. The van der Waals surface area contributed by atoms with E-state index in [0.717, 1.165) is 6.54 Å². The Kier molecular flexibility index (Phi) is 4.87. The van der Waals surface area contributed by atoms with Crippen LogP contribution in [0.1, 0.15) is 16.2 Å². The molecule has 0 saturated heterocycles. The summed E-state index contributed by atoms with van der Waals surface area (Å²) in [6.07, 6.45) is 2.74. The molecule has 0 atom stereocenters. The lowest BCUT2D eigenvalue weighted by molar-refractivity contribution is 0.102. The minimum atomic E-state index is -0.308. The molecular weight excluding hydrogens is 294 g/mol. The largest absolute Gasteiger partial charge is 0.481 e. The number of ether oxygens (including phenoxy) is 1. The van der Waals surface area contributed by atoms with Crippen molar-refractivity contribution in [2.45, 2.75) is 6.54 Å². The Hall–Kier alpha value is -1.99. The van der Waals surface area contributed by atoms with Gasteiger partial charge >= 0.3 is 0 Å². The molecule has 7 nitrogen and oxygen atoms in total. The molecule has 0 amide bonds. The third-order valence-electron chi connectivity index (χ3n) is 2.85. The van der Waals surface area contributed by atoms with Gasteiger partial charge in [-0.3, -0.25) is 9.48 Å². The molecule has 2 heterocycles. The molecule has 2 aromatic heterocycles. The van der Waals surface area contributed by atoms with Gasteiger partial charge < -0.3 is 9.64 Å². The van der Waals surface area contributed by atoms with Crippen LogP contribution < -0.4 is 4.74 Å². The summed E-state index contributed by atoms with van der Waals surface area (Å²) in [6.45, 7) is 1.30. The monoisotopic (exact) mass is 309 g/mol. The number of rotatable bonds is 6. The highest BCUT2D eigenvalue weighted by Gasteiger charge is 2.21. The molecule has 2 rings (SSSR count). The second kappa shape index (κ2) is 6.64. The molecule has 8 heteroatoms. The minimum absolute atomic E-state index is 0.218. The number of hydrogen-bond acceptors (Lipinski definition) is 6. The molecule has 0 aliphatic heterocycles. The average Bonchev–Trinajstić information content (AvgIpc) is 2.85. The summed E-state index contributed by atoms with van der Waals surface area (Å²) in [5, 5.41) is 4.44. The van der Waals surface area contributed by atoms with Crippen LogP contribution in [0.5, 0.6) is 5.88 Å². The number of likely N-dealkylation sites (N-methyl/N-ethyl adjacent to an activating group) is 1. The lowest BCUT2D eigenvalue weighted by Gasteiger charge is -2.11. The molecule has 0 radical (unpaired) electrons. The number of hydrogen-bond donors (Lipinski definition) is 0. The number of halogens is 1. The van der Waals surface area contributed by atoms with Crippen molar-refractivity contribution < 1.29 is 9.53 Å². The molecule has 0 aliphatic rings. The van der Waals surface area contributed by atoms with Crippen molar-refractivity contribution in [1.29, 1.82) is 0 Å². The molecule has 0 aromatic carbocycles. The molecule has 0 fully saturated rings. The summed E-state index contributed by atoms with van der Waals surface area (Å²) < 4.78 is 6.58. The van der Waals surface area contributed by atoms with E-state index in [2.05, 4.69) is 15.1 Å². The molecule has 0 N–H and O–H groups in total. The first-order valence-electron chi connectivity index (χ1n) is 6.29. The standard InChI is InChI=1S/C13H16ClN5O2/c1-18(2)4-5-19-12(9(14)7-17-19)13(20)10-6-11(21-3)16-8-15-10/h6-8H,4-5H2,1-3H3. The fraction of sp³-hybridized carbons (Fsp3) is 0.385. The highest BCUT2D eigenvalue weighted by molar-refractivity contribution is 6.34. The van der Waals surface area contributed by atoms with E-state index < -0.39 is 0 Å². The lowest BCUT2D eigenvalue weighted by Crippen LogP contribution is -2.22. The van der Waals surface area contributed by atoms with Gasteiger partial charge in [-0.2, -0.15) is 5.10 Å². The molecule has 2 aromatic rings. The van der Waals surface area contributed by atoms with Gasteiger partial charge in [-0.25, -0.2) is 9.97 Å². The van der Waals surface area contributed by atoms with Gasteiger partial charge in [0.25, 0.3) is 0 Å². The first-order chi connectivity index (χ1) is 10.0. The molecule has 112 valence electrons. The Morgan fingerprint density at radius 2 is 2.19 bits per heavy atom. The molecule has 0 saturated carbocycles. The zero-order valence-electron chi connectivity index (χ0n) is 12.1. The van der Waals surface area contributed by atoms with Crippen LogP contribution in [0.3, 0.4) is 0 Å². The molecule has 0 bridgehead atoms. The second-order valence-corrected chi connectivity index (χ2v) is 5.05. The number of carbonyl (C=O) groups excluding carboxylic acids is 1. The van der Waals surface area contributed by atoms with Crippen LogP contribution >= 0.6 is 11.6 Å². The third kappa shape index (κ3) is 3.56. The van der Waals surface area contributed by atoms with Crippen molar-refractivity contribution in [2.24, 2.45) is 0 Å².